The molecular weight excluding hydrogens is 533 g/mol. The molecule has 1 amide bonds. The number of piperidine rings is 1. The van der Waals surface area contributed by atoms with Gasteiger partial charge in [-0.25, -0.2) is 4.79 Å². The van der Waals surface area contributed by atoms with Gasteiger partial charge in [-0.1, -0.05) is 62.4 Å². The van der Waals surface area contributed by atoms with Crippen LogP contribution in [-0.2, 0) is 11.3 Å². The summed E-state index contributed by atoms with van der Waals surface area (Å²) in [5, 5.41) is 9.43. The zero-order chi connectivity index (χ0) is 29.6. The average molecular weight is 571 g/mol. The Hall–Kier alpha value is -3.59. The predicted octanol–water partition coefficient (Wildman–Crippen LogP) is 6.64. The number of halogens is 3. The van der Waals surface area contributed by atoms with Crippen molar-refractivity contribution in [3.8, 4) is 5.75 Å². The summed E-state index contributed by atoms with van der Waals surface area (Å²) in [5.41, 5.74) is 2.43. The van der Waals surface area contributed by atoms with Crippen molar-refractivity contribution in [3.05, 3.63) is 77.9 Å². The van der Waals surface area contributed by atoms with Crippen LogP contribution < -0.4 is 4.74 Å². The molecule has 3 aromatic rings. The van der Waals surface area contributed by atoms with Crippen LogP contribution >= 0.6 is 0 Å². The number of likely N-dealkylation sites (tertiary alicyclic amines) is 2. The lowest BCUT2D eigenvalue weighted by molar-refractivity contribution is -0.192. The van der Waals surface area contributed by atoms with E-state index in [0.29, 0.717) is 11.3 Å². The molecule has 0 unspecified atom stereocenters. The van der Waals surface area contributed by atoms with E-state index in [0.717, 1.165) is 68.9 Å². The molecule has 3 aromatic carbocycles. The number of carbonyl (C=O) groups is 2. The summed E-state index contributed by atoms with van der Waals surface area (Å²) in [7, 11) is 0. The van der Waals surface area contributed by atoms with E-state index in [-0.39, 0.29) is 5.91 Å². The van der Waals surface area contributed by atoms with Crippen molar-refractivity contribution >= 4 is 22.6 Å². The fraction of sp³-hybridized carbons (Fsp3) is 0.438. The van der Waals surface area contributed by atoms with Crippen molar-refractivity contribution < 1.29 is 32.6 Å². The number of hydrogen-bond donors (Lipinski definition) is 1. The average Bonchev–Trinajstić information content (AvgIpc) is 3.33. The third-order valence-corrected chi connectivity index (χ3v) is 7.81. The monoisotopic (exact) mass is 570 g/mol. The van der Waals surface area contributed by atoms with Gasteiger partial charge in [0.15, 0.2) is 0 Å². The van der Waals surface area contributed by atoms with Crippen LogP contribution in [0.2, 0.25) is 0 Å². The number of carboxylic acid groups (broad SMARTS) is 1. The first-order chi connectivity index (χ1) is 19.5. The van der Waals surface area contributed by atoms with Gasteiger partial charge in [0, 0.05) is 37.3 Å². The van der Waals surface area contributed by atoms with Gasteiger partial charge in [-0.15, -0.1) is 0 Å². The van der Waals surface area contributed by atoms with Gasteiger partial charge < -0.3 is 14.7 Å². The minimum absolute atomic E-state index is 0.173. The lowest BCUT2D eigenvalue weighted by atomic mass is 9.77. The van der Waals surface area contributed by atoms with Crippen molar-refractivity contribution in [2.75, 3.05) is 32.8 Å². The van der Waals surface area contributed by atoms with Crippen LogP contribution in [0.25, 0.3) is 10.8 Å². The van der Waals surface area contributed by atoms with Crippen LogP contribution in [0.4, 0.5) is 13.2 Å². The molecule has 5 rings (SSSR count). The highest BCUT2D eigenvalue weighted by Crippen LogP contribution is 2.41. The number of alkyl halides is 3. The van der Waals surface area contributed by atoms with Crippen molar-refractivity contribution in [1.29, 1.82) is 0 Å². The van der Waals surface area contributed by atoms with E-state index in [1.165, 1.54) is 17.4 Å². The van der Waals surface area contributed by atoms with E-state index >= 15 is 0 Å². The molecule has 2 fully saturated rings. The zero-order valence-electron chi connectivity index (χ0n) is 23.5. The van der Waals surface area contributed by atoms with Gasteiger partial charge in [0.2, 0.25) is 0 Å². The quantitative estimate of drug-likeness (QED) is 0.360. The molecule has 0 aromatic heterocycles. The maximum Gasteiger partial charge on any atom is 0.490 e. The molecule has 9 heteroatoms. The SMILES string of the molecule is CC(C)COc1ccccc1CN1CCC2(CCN(C(=O)c3ccc4ccccc4c3)CC2)C1.O=C(O)C(F)(F)F. The summed E-state index contributed by atoms with van der Waals surface area (Å²) in [6.07, 6.45) is -1.68. The standard InChI is InChI=1S/C30H36N2O2.C2HF3O2/c1-23(2)21-34-28-10-6-5-9-27(28)20-31-16-13-30(22-31)14-17-32(18-15-30)29(33)26-12-11-24-7-3-4-8-25(24)19-26;3-2(4,5)1(6)7/h3-12,19,23H,13-18,20-22H2,1-2H3;(H,6,7). The number of nitrogens with zero attached hydrogens (tertiary/aromatic N) is 2. The molecule has 1 N–H and O–H groups in total. The van der Waals surface area contributed by atoms with E-state index in [1.54, 1.807) is 0 Å². The predicted molar refractivity (Wildman–Crippen MR) is 152 cm³/mol. The second-order valence-corrected chi connectivity index (χ2v) is 11.4. The molecule has 0 bridgehead atoms. The Bertz CT molecular complexity index is 1350. The minimum atomic E-state index is -5.08. The summed E-state index contributed by atoms with van der Waals surface area (Å²) in [4.78, 5) is 26.7. The van der Waals surface area contributed by atoms with Gasteiger partial charge in [0.25, 0.3) is 5.91 Å². The molecule has 2 heterocycles. The molecule has 0 atom stereocenters. The molecule has 0 radical (unpaired) electrons. The number of hydrogen-bond acceptors (Lipinski definition) is 4. The molecule has 220 valence electrons. The number of aliphatic carboxylic acids is 1. The smallest absolute Gasteiger partial charge is 0.490 e. The number of benzene rings is 3. The van der Waals surface area contributed by atoms with Gasteiger partial charge in [-0.3, -0.25) is 9.69 Å². The molecule has 2 saturated heterocycles. The Morgan fingerprint density at radius 1 is 0.927 bits per heavy atom. The van der Waals surface area contributed by atoms with E-state index in [2.05, 4.69) is 66.1 Å². The Kier molecular flexibility index (Phi) is 9.58. The highest BCUT2D eigenvalue weighted by molar-refractivity contribution is 5.98. The first kappa shape index (κ1) is 30.4. The third kappa shape index (κ3) is 8.00. The molecule has 41 heavy (non-hydrogen) atoms. The molecule has 2 aliphatic rings. The first-order valence-electron chi connectivity index (χ1n) is 14.0. The fourth-order valence-corrected chi connectivity index (χ4v) is 5.53. The summed E-state index contributed by atoms with van der Waals surface area (Å²) < 4.78 is 37.8. The van der Waals surface area contributed by atoms with Crippen LogP contribution in [0.1, 0.15) is 49.0 Å². The highest BCUT2D eigenvalue weighted by Gasteiger charge is 2.41. The minimum Gasteiger partial charge on any atom is -0.493 e. The van der Waals surface area contributed by atoms with Crippen molar-refractivity contribution in [2.45, 2.75) is 45.8 Å². The van der Waals surface area contributed by atoms with Crippen LogP contribution in [0.15, 0.2) is 66.7 Å². The van der Waals surface area contributed by atoms with Crippen LogP contribution in [0.3, 0.4) is 0 Å². The Morgan fingerprint density at radius 3 is 2.20 bits per heavy atom. The summed E-state index contributed by atoms with van der Waals surface area (Å²) >= 11 is 0. The summed E-state index contributed by atoms with van der Waals surface area (Å²) in [5.74, 6) is -1.04. The Morgan fingerprint density at radius 2 is 1.54 bits per heavy atom. The maximum atomic E-state index is 13.2. The number of rotatable bonds is 6. The van der Waals surface area contributed by atoms with E-state index in [4.69, 9.17) is 14.6 Å². The number of carbonyl (C=O) groups excluding carboxylic acids is 1. The van der Waals surface area contributed by atoms with Crippen LogP contribution in [0.5, 0.6) is 5.75 Å². The van der Waals surface area contributed by atoms with Crippen LogP contribution in [-0.4, -0.2) is 65.7 Å². The largest absolute Gasteiger partial charge is 0.493 e. The van der Waals surface area contributed by atoms with Crippen LogP contribution in [0, 0.1) is 11.3 Å². The molecule has 2 aliphatic heterocycles. The molecule has 1 spiro atoms. The fourth-order valence-electron chi connectivity index (χ4n) is 5.53. The third-order valence-electron chi connectivity index (χ3n) is 7.81. The lowest BCUT2D eigenvalue weighted by Gasteiger charge is -2.39. The number of amides is 1. The van der Waals surface area contributed by atoms with Crippen molar-refractivity contribution in [2.24, 2.45) is 11.3 Å². The second kappa shape index (κ2) is 12.9. The zero-order valence-corrected chi connectivity index (χ0v) is 23.5. The maximum absolute atomic E-state index is 13.2. The van der Waals surface area contributed by atoms with Gasteiger partial charge in [0.05, 0.1) is 6.61 Å². The molecule has 0 saturated carbocycles. The molecule has 6 nitrogen and oxygen atoms in total. The first-order valence-corrected chi connectivity index (χ1v) is 14.0. The number of ether oxygens (including phenoxy) is 1. The van der Waals surface area contributed by atoms with E-state index in [1.807, 2.05) is 24.3 Å². The van der Waals surface area contributed by atoms with Gasteiger partial charge in [-0.05, 0) is 66.1 Å². The van der Waals surface area contributed by atoms with E-state index in [9.17, 15) is 18.0 Å². The van der Waals surface area contributed by atoms with Gasteiger partial charge in [0.1, 0.15) is 5.75 Å². The van der Waals surface area contributed by atoms with Gasteiger partial charge in [-0.2, -0.15) is 13.2 Å². The number of fused-ring (bicyclic) bond motifs is 1. The van der Waals surface area contributed by atoms with Gasteiger partial charge >= 0.3 is 12.1 Å². The second-order valence-electron chi connectivity index (χ2n) is 11.4. The topological polar surface area (TPSA) is 70.1 Å². The summed E-state index contributed by atoms with van der Waals surface area (Å²) in [6.45, 7) is 10.0. The van der Waals surface area contributed by atoms with Crippen molar-refractivity contribution in [3.63, 3.8) is 0 Å². The highest BCUT2D eigenvalue weighted by atomic mass is 19.4. The number of para-hydroxylation sites is 1. The summed E-state index contributed by atoms with van der Waals surface area (Å²) in [6, 6.07) is 22.8. The normalized spacial score (nSPS) is 17.0. The van der Waals surface area contributed by atoms with Crippen molar-refractivity contribution in [1.82, 2.24) is 9.80 Å². The molecular formula is C32H37F3N2O4. The lowest BCUT2D eigenvalue weighted by Crippen LogP contribution is -2.44. The Balaban J connectivity index is 0.000000493. The van der Waals surface area contributed by atoms with E-state index < -0.39 is 12.1 Å². The number of carboxylic acids is 1. The molecule has 0 aliphatic carbocycles. The Labute approximate surface area is 238 Å².